The van der Waals surface area contributed by atoms with E-state index in [9.17, 15) is 9.59 Å². The predicted octanol–water partition coefficient (Wildman–Crippen LogP) is 3.12. The van der Waals surface area contributed by atoms with Gasteiger partial charge < -0.3 is 4.74 Å². The Morgan fingerprint density at radius 3 is 2.34 bits per heavy atom. The maximum Gasteiger partial charge on any atom is 0.277 e. The number of rotatable bonds is 7. The van der Waals surface area contributed by atoms with Crippen LogP contribution in [0.3, 0.4) is 0 Å². The van der Waals surface area contributed by atoms with E-state index in [0.29, 0.717) is 11.1 Å². The van der Waals surface area contributed by atoms with Crippen LogP contribution < -0.4 is 9.30 Å². The molecule has 3 aromatic rings. The minimum absolute atomic E-state index is 0.229. The molecule has 0 spiro atoms. The maximum atomic E-state index is 12.9. The molecule has 1 aromatic heterocycles. The smallest absolute Gasteiger partial charge is 0.277 e. The van der Waals surface area contributed by atoms with Gasteiger partial charge in [-0.1, -0.05) is 12.1 Å². The molecule has 0 aliphatic carbocycles. The summed E-state index contributed by atoms with van der Waals surface area (Å²) in [4.78, 5) is 27.2. The third-order valence-electron chi connectivity index (χ3n) is 5.40. The SMILES string of the molecule is CCn1c(CN2C(=O)c3ccccc3C2=O)[n+](CCSC)c2ccc(OC)cc21. The first-order valence-corrected chi connectivity index (χ1v) is 11.0. The second kappa shape index (κ2) is 7.91. The Bertz CT molecular complexity index is 1070. The zero-order valence-electron chi connectivity index (χ0n) is 16.8. The van der Waals surface area contributed by atoms with Crippen molar-refractivity contribution in [1.82, 2.24) is 9.47 Å². The number of hydrogen-bond acceptors (Lipinski definition) is 4. The third-order valence-corrected chi connectivity index (χ3v) is 5.99. The first-order valence-electron chi connectivity index (χ1n) is 9.63. The second-order valence-electron chi connectivity index (χ2n) is 6.90. The second-order valence-corrected chi connectivity index (χ2v) is 7.89. The van der Waals surface area contributed by atoms with Crippen molar-refractivity contribution in [2.24, 2.45) is 0 Å². The maximum absolute atomic E-state index is 12.9. The standard InChI is InChI=1S/C22H24N3O3S/c1-4-23-19-13-15(28-2)9-10-18(19)24(11-12-29-3)20(23)14-25-21(26)16-7-5-6-8-17(16)22(25)27/h5-10,13H,4,11-12,14H2,1-3H3/q+1. The minimum Gasteiger partial charge on any atom is -0.497 e. The van der Waals surface area contributed by atoms with Crippen molar-refractivity contribution >= 4 is 34.6 Å². The third kappa shape index (κ3) is 3.19. The molecule has 29 heavy (non-hydrogen) atoms. The quantitative estimate of drug-likeness (QED) is 0.444. The predicted molar refractivity (Wildman–Crippen MR) is 113 cm³/mol. The number of benzene rings is 2. The number of nitrogens with zero attached hydrogens (tertiary/aromatic N) is 3. The summed E-state index contributed by atoms with van der Waals surface area (Å²) < 4.78 is 9.81. The topological polar surface area (TPSA) is 55.4 Å². The number of amides is 2. The molecular weight excluding hydrogens is 386 g/mol. The molecular formula is C22H24N3O3S+. The number of fused-ring (bicyclic) bond motifs is 2. The number of aromatic nitrogens is 2. The van der Waals surface area contributed by atoms with Gasteiger partial charge in [0.1, 0.15) is 12.3 Å². The van der Waals surface area contributed by atoms with E-state index in [1.807, 2.05) is 18.2 Å². The zero-order valence-corrected chi connectivity index (χ0v) is 17.7. The number of imidazole rings is 1. The molecule has 0 unspecified atom stereocenters. The van der Waals surface area contributed by atoms with Crippen LogP contribution in [0, 0.1) is 0 Å². The molecule has 2 aromatic carbocycles. The Labute approximate surface area is 174 Å². The van der Waals surface area contributed by atoms with Crippen molar-refractivity contribution in [2.45, 2.75) is 26.6 Å². The zero-order chi connectivity index (χ0) is 20.5. The van der Waals surface area contributed by atoms with E-state index in [1.54, 1.807) is 43.1 Å². The number of thioether (sulfide) groups is 1. The van der Waals surface area contributed by atoms with Crippen LogP contribution in [0.15, 0.2) is 42.5 Å². The lowest BCUT2D eigenvalue weighted by Crippen LogP contribution is -2.43. The average Bonchev–Trinajstić information content (AvgIpc) is 3.18. The van der Waals surface area contributed by atoms with E-state index in [1.165, 1.54) is 4.90 Å². The molecule has 2 heterocycles. The van der Waals surface area contributed by atoms with E-state index in [-0.39, 0.29) is 18.4 Å². The van der Waals surface area contributed by atoms with Gasteiger partial charge >= 0.3 is 0 Å². The number of carbonyl (C=O) groups excluding carboxylic acids is 2. The lowest BCUT2D eigenvalue weighted by molar-refractivity contribution is -0.676. The molecule has 1 aliphatic rings. The number of hydrogen-bond donors (Lipinski definition) is 0. The van der Waals surface area contributed by atoms with Gasteiger partial charge in [0.15, 0.2) is 11.0 Å². The normalized spacial score (nSPS) is 13.4. The first kappa shape index (κ1) is 19.5. The van der Waals surface area contributed by atoms with E-state index in [0.717, 1.165) is 41.4 Å². The van der Waals surface area contributed by atoms with Crippen molar-refractivity contribution in [3.8, 4) is 5.75 Å². The Hall–Kier alpha value is -2.80. The summed E-state index contributed by atoms with van der Waals surface area (Å²) >= 11 is 1.77. The van der Waals surface area contributed by atoms with Crippen molar-refractivity contribution in [3.05, 3.63) is 59.4 Å². The molecule has 0 saturated heterocycles. The molecule has 0 radical (unpaired) electrons. The number of aryl methyl sites for hydroxylation is 2. The molecule has 6 nitrogen and oxygen atoms in total. The largest absolute Gasteiger partial charge is 0.497 e. The fourth-order valence-corrected chi connectivity index (χ4v) is 4.34. The first-order chi connectivity index (χ1) is 14.1. The summed E-state index contributed by atoms with van der Waals surface area (Å²) in [5.41, 5.74) is 3.08. The van der Waals surface area contributed by atoms with Crippen LogP contribution in [0.5, 0.6) is 5.75 Å². The van der Waals surface area contributed by atoms with Gasteiger partial charge in [-0.15, -0.1) is 0 Å². The highest BCUT2D eigenvalue weighted by Crippen LogP contribution is 2.26. The average molecular weight is 411 g/mol. The molecule has 0 bridgehead atoms. The van der Waals surface area contributed by atoms with Crippen molar-refractivity contribution in [3.63, 3.8) is 0 Å². The van der Waals surface area contributed by atoms with Gasteiger partial charge in [0, 0.05) is 11.8 Å². The number of carbonyl (C=O) groups is 2. The molecule has 1 aliphatic heterocycles. The van der Waals surface area contributed by atoms with Gasteiger partial charge in [0.05, 0.1) is 31.3 Å². The Morgan fingerprint density at radius 2 is 1.76 bits per heavy atom. The number of methoxy groups -OCH3 is 1. The molecule has 0 atom stereocenters. The molecule has 150 valence electrons. The summed E-state index contributed by atoms with van der Waals surface area (Å²) in [5, 5.41) is 0. The minimum atomic E-state index is -0.229. The lowest BCUT2D eigenvalue weighted by atomic mass is 10.1. The molecule has 7 heteroatoms. The van der Waals surface area contributed by atoms with E-state index in [4.69, 9.17) is 4.74 Å². The van der Waals surface area contributed by atoms with Gasteiger partial charge in [-0.3, -0.25) is 14.5 Å². The Morgan fingerprint density at radius 1 is 1.07 bits per heavy atom. The van der Waals surface area contributed by atoms with Gasteiger partial charge in [-0.05, 0) is 37.4 Å². The van der Waals surface area contributed by atoms with Crippen LogP contribution in [0.1, 0.15) is 33.5 Å². The van der Waals surface area contributed by atoms with Crippen molar-refractivity contribution in [2.75, 3.05) is 19.1 Å². The van der Waals surface area contributed by atoms with Crippen molar-refractivity contribution < 1.29 is 18.9 Å². The fraction of sp³-hybridized carbons (Fsp3) is 0.318. The van der Waals surface area contributed by atoms with E-state index < -0.39 is 0 Å². The number of imide groups is 1. The lowest BCUT2D eigenvalue weighted by Gasteiger charge is -2.13. The fourth-order valence-electron chi connectivity index (χ4n) is 3.98. The Balaban J connectivity index is 1.82. The highest BCUT2D eigenvalue weighted by Gasteiger charge is 2.38. The molecule has 0 saturated carbocycles. The van der Waals surface area contributed by atoms with Gasteiger partial charge in [0.25, 0.3) is 17.6 Å². The number of ether oxygens (including phenoxy) is 1. The van der Waals surface area contributed by atoms with Crippen LogP contribution in [0.4, 0.5) is 0 Å². The van der Waals surface area contributed by atoms with Crippen LogP contribution >= 0.6 is 11.8 Å². The summed E-state index contributed by atoms with van der Waals surface area (Å²) in [5.74, 6) is 2.21. The highest BCUT2D eigenvalue weighted by atomic mass is 32.2. The van der Waals surface area contributed by atoms with Gasteiger partial charge in [-0.2, -0.15) is 11.8 Å². The van der Waals surface area contributed by atoms with E-state index >= 15 is 0 Å². The highest BCUT2D eigenvalue weighted by molar-refractivity contribution is 7.98. The molecule has 0 fully saturated rings. The summed E-state index contributed by atoms with van der Waals surface area (Å²) in [6.07, 6.45) is 2.08. The molecule has 2 amide bonds. The van der Waals surface area contributed by atoms with Crippen LogP contribution in [0.25, 0.3) is 11.0 Å². The molecule has 4 rings (SSSR count). The summed E-state index contributed by atoms with van der Waals surface area (Å²) in [6.45, 7) is 3.85. The Kier molecular flexibility index (Phi) is 5.32. The van der Waals surface area contributed by atoms with Crippen LogP contribution in [-0.4, -0.2) is 40.4 Å². The monoisotopic (exact) mass is 410 g/mol. The van der Waals surface area contributed by atoms with Crippen LogP contribution in [-0.2, 0) is 19.6 Å². The van der Waals surface area contributed by atoms with Gasteiger partial charge in [0.2, 0.25) is 0 Å². The summed E-state index contributed by atoms with van der Waals surface area (Å²) in [6, 6.07) is 13.0. The van der Waals surface area contributed by atoms with E-state index in [2.05, 4.69) is 22.3 Å². The van der Waals surface area contributed by atoms with Gasteiger partial charge in [-0.25, -0.2) is 9.13 Å². The molecule has 0 N–H and O–H groups in total. The van der Waals surface area contributed by atoms with Crippen LogP contribution in [0.2, 0.25) is 0 Å². The van der Waals surface area contributed by atoms with Crippen molar-refractivity contribution in [1.29, 1.82) is 0 Å². The summed E-state index contributed by atoms with van der Waals surface area (Å²) in [7, 11) is 1.65.